The van der Waals surface area contributed by atoms with Crippen LogP contribution in [-0.2, 0) is 39.8 Å². The molecule has 0 saturated carbocycles. The van der Waals surface area contributed by atoms with E-state index in [4.69, 9.17) is 23.7 Å². The number of pyridine rings is 1. The van der Waals surface area contributed by atoms with Gasteiger partial charge in [0.2, 0.25) is 5.75 Å². The first kappa shape index (κ1) is 34.4. The highest BCUT2D eigenvalue weighted by molar-refractivity contribution is 5.99. The first-order valence-electron chi connectivity index (χ1n) is 15.0. The smallest absolute Gasteiger partial charge is 0.336 e. The van der Waals surface area contributed by atoms with Crippen LogP contribution in [0.25, 0.3) is 6.08 Å². The molecule has 1 saturated heterocycles. The summed E-state index contributed by atoms with van der Waals surface area (Å²) in [6.45, 7) is 4.19. The van der Waals surface area contributed by atoms with Gasteiger partial charge in [-0.15, -0.1) is 0 Å². The number of rotatable bonds is 10. The maximum Gasteiger partial charge on any atom is 0.336 e. The molecule has 0 spiro atoms. The summed E-state index contributed by atoms with van der Waals surface area (Å²) >= 11 is 0. The molecule has 1 aromatic heterocycles. The van der Waals surface area contributed by atoms with Crippen LogP contribution in [-0.4, -0.2) is 66.7 Å². The second kappa shape index (κ2) is 16.2. The van der Waals surface area contributed by atoms with E-state index in [0.717, 1.165) is 11.1 Å². The average Bonchev–Trinajstić information content (AvgIpc) is 3.10. The van der Waals surface area contributed by atoms with Crippen molar-refractivity contribution in [3.05, 3.63) is 95.8 Å². The lowest BCUT2D eigenvalue weighted by molar-refractivity contribution is -0.176. The molecule has 1 aliphatic heterocycles. The minimum Gasteiger partial charge on any atom is -0.493 e. The molecule has 0 bridgehead atoms. The number of hydrogen-bond donors (Lipinski definition) is 1. The summed E-state index contributed by atoms with van der Waals surface area (Å²) in [5, 5.41) is 2.46. The molecule has 0 radical (unpaired) electrons. The van der Waals surface area contributed by atoms with Crippen LogP contribution in [0.1, 0.15) is 42.4 Å². The number of methoxy groups -OCH3 is 1. The summed E-state index contributed by atoms with van der Waals surface area (Å²) in [6, 6.07) is 18.0. The predicted molar refractivity (Wildman–Crippen MR) is 168 cm³/mol. The Morgan fingerprint density at radius 2 is 1.68 bits per heavy atom. The Bertz CT molecular complexity index is 1610. The van der Waals surface area contributed by atoms with Crippen LogP contribution in [0.2, 0.25) is 0 Å². The van der Waals surface area contributed by atoms with E-state index in [0.29, 0.717) is 0 Å². The molecule has 0 aliphatic carbocycles. The normalized spacial score (nSPS) is 19.9. The molecule has 1 N–H and O–H groups in total. The van der Waals surface area contributed by atoms with Crippen molar-refractivity contribution in [2.45, 2.75) is 45.4 Å². The molecule has 1 fully saturated rings. The van der Waals surface area contributed by atoms with Gasteiger partial charge in [-0.2, -0.15) is 0 Å². The van der Waals surface area contributed by atoms with Crippen molar-refractivity contribution >= 4 is 35.9 Å². The number of nitrogens with one attached hydrogen (secondary N) is 1. The maximum atomic E-state index is 13.5. The van der Waals surface area contributed by atoms with E-state index in [2.05, 4.69) is 10.3 Å². The minimum atomic E-state index is -1.49. The van der Waals surface area contributed by atoms with Crippen LogP contribution in [0.15, 0.2) is 79.0 Å². The Kier molecular flexibility index (Phi) is 11.8. The van der Waals surface area contributed by atoms with Gasteiger partial charge in [-0.05, 0) is 30.5 Å². The Hall–Kier alpha value is -5.52. The van der Waals surface area contributed by atoms with Gasteiger partial charge < -0.3 is 29.0 Å². The van der Waals surface area contributed by atoms with Gasteiger partial charge in [-0.3, -0.25) is 14.4 Å². The van der Waals surface area contributed by atoms with Gasteiger partial charge in [0.05, 0.1) is 13.0 Å². The van der Waals surface area contributed by atoms with Crippen LogP contribution >= 0.6 is 0 Å². The Balaban J connectivity index is 1.56. The van der Waals surface area contributed by atoms with E-state index < -0.39 is 66.5 Å². The number of carbonyl (C=O) groups excluding carboxylic acids is 5. The van der Waals surface area contributed by atoms with Crippen molar-refractivity contribution in [3.63, 3.8) is 0 Å². The molecule has 2 aromatic carbocycles. The van der Waals surface area contributed by atoms with E-state index in [1.54, 1.807) is 50.2 Å². The topological polar surface area (TPSA) is 156 Å². The number of aromatic nitrogens is 1. The molecule has 3 aromatic rings. The van der Waals surface area contributed by atoms with Crippen molar-refractivity contribution in [1.29, 1.82) is 0 Å². The van der Waals surface area contributed by atoms with Crippen LogP contribution in [0.5, 0.6) is 11.5 Å². The maximum absolute atomic E-state index is 13.5. The van der Waals surface area contributed by atoms with Gasteiger partial charge in [-0.25, -0.2) is 14.6 Å². The summed E-state index contributed by atoms with van der Waals surface area (Å²) in [7, 11) is 1.32. The number of benzene rings is 2. The molecule has 47 heavy (non-hydrogen) atoms. The number of ether oxygens (including phenoxy) is 5. The third kappa shape index (κ3) is 9.25. The molecule has 2 heterocycles. The van der Waals surface area contributed by atoms with Gasteiger partial charge in [0.15, 0.2) is 23.6 Å². The number of carbonyl (C=O) groups is 5. The molecule has 4 rings (SSSR count). The van der Waals surface area contributed by atoms with E-state index in [9.17, 15) is 24.0 Å². The number of hydrogen-bond acceptors (Lipinski definition) is 11. The fourth-order valence-corrected chi connectivity index (χ4v) is 4.69. The zero-order valence-electron chi connectivity index (χ0n) is 26.4. The van der Waals surface area contributed by atoms with E-state index in [-0.39, 0.29) is 23.6 Å². The molecule has 246 valence electrons. The fraction of sp³-hybridized carbons (Fsp3) is 0.314. The zero-order chi connectivity index (χ0) is 33.9. The Morgan fingerprint density at radius 1 is 1.00 bits per heavy atom. The lowest BCUT2D eigenvalue weighted by Crippen LogP contribution is -2.47. The number of esters is 4. The highest BCUT2D eigenvalue weighted by Gasteiger charge is 2.42. The average molecular weight is 645 g/mol. The van der Waals surface area contributed by atoms with Crippen molar-refractivity contribution < 1.29 is 47.7 Å². The van der Waals surface area contributed by atoms with E-state index >= 15 is 0 Å². The van der Waals surface area contributed by atoms with Crippen LogP contribution in [0, 0.1) is 11.8 Å². The first-order valence-corrected chi connectivity index (χ1v) is 15.0. The highest BCUT2D eigenvalue weighted by atomic mass is 16.6. The van der Waals surface area contributed by atoms with Crippen molar-refractivity contribution in [1.82, 2.24) is 10.3 Å². The minimum absolute atomic E-state index is 0.0299. The molecule has 4 unspecified atom stereocenters. The van der Waals surface area contributed by atoms with Crippen LogP contribution in [0.4, 0.5) is 0 Å². The van der Waals surface area contributed by atoms with Crippen molar-refractivity contribution in [2.24, 2.45) is 11.8 Å². The fourth-order valence-electron chi connectivity index (χ4n) is 4.69. The second-order valence-electron chi connectivity index (χ2n) is 11.0. The Labute approximate surface area is 272 Å². The third-order valence-electron chi connectivity index (χ3n) is 7.19. The summed E-state index contributed by atoms with van der Waals surface area (Å²) < 4.78 is 27.6. The summed E-state index contributed by atoms with van der Waals surface area (Å²) in [6.07, 6.45) is 1.84. The van der Waals surface area contributed by atoms with Crippen molar-refractivity contribution in [2.75, 3.05) is 13.7 Å². The van der Waals surface area contributed by atoms with Gasteiger partial charge in [0.1, 0.15) is 18.6 Å². The van der Waals surface area contributed by atoms with Crippen LogP contribution < -0.4 is 14.8 Å². The standard InChI is InChI=1S/C35H36N2O10/c1-21(2)33(40)47-30-22(3)45-35(42)26(20-44-34(41)25(30)19-24-13-9-6-10-14-24)37-32(39)29-31(27(43-4)17-18-36-29)46-28(38)16-15-23-11-7-5-8-12-23/h5-18,21-22,25-26,30H,19-20H2,1-4H3,(H,37,39)/b16-15+. The van der Waals surface area contributed by atoms with Gasteiger partial charge in [-0.1, -0.05) is 74.5 Å². The zero-order valence-corrected chi connectivity index (χ0v) is 26.4. The largest absolute Gasteiger partial charge is 0.493 e. The summed E-state index contributed by atoms with van der Waals surface area (Å²) in [5.74, 6) is -5.83. The van der Waals surface area contributed by atoms with Gasteiger partial charge in [0.25, 0.3) is 5.91 Å². The highest BCUT2D eigenvalue weighted by Crippen LogP contribution is 2.30. The molecular formula is C35H36N2O10. The van der Waals surface area contributed by atoms with Gasteiger partial charge >= 0.3 is 23.9 Å². The van der Waals surface area contributed by atoms with E-state index in [1.807, 2.05) is 24.3 Å². The van der Waals surface area contributed by atoms with E-state index in [1.165, 1.54) is 38.4 Å². The second-order valence-corrected chi connectivity index (χ2v) is 11.0. The molecule has 12 heteroatoms. The monoisotopic (exact) mass is 644 g/mol. The molecular weight excluding hydrogens is 608 g/mol. The number of nitrogens with zero attached hydrogens (tertiary/aromatic N) is 1. The third-order valence-corrected chi connectivity index (χ3v) is 7.19. The summed E-state index contributed by atoms with van der Waals surface area (Å²) in [5.41, 5.74) is 1.14. The Morgan fingerprint density at radius 3 is 2.34 bits per heavy atom. The summed E-state index contributed by atoms with van der Waals surface area (Å²) in [4.78, 5) is 69.7. The predicted octanol–water partition coefficient (Wildman–Crippen LogP) is 3.72. The quantitative estimate of drug-likeness (QED) is 0.195. The molecule has 12 nitrogen and oxygen atoms in total. The molecule has 1 aliphatic rings. The lowest BCUT2D eigenvalue weighted by atomic mass is 9.91. The first-order chi connectivity index (χ1) is 22.6. The number of cyclic esters (lactones) is 2. The SMILES string of the molecule is COc1ccnc(C(=O)NC2COC(=O)C(Cc3ccccc3)C(OC(=O)C(C)C)C(C)OC2=O)c1OC(=O)/C=C/c1ccccc1. The molecule has 1 amide bonds. The lowest BCUT2D eigenvalue weighted by Gasteiger charge is -2.29. The van der Waals surface area contributed by atoms with Crippen molar-refractivity contribution in [3.8, 4) is 11.5 Å². The molecule has 4 atom stereocenters. The van der Waals surface area contributed by atoms with Gasteiger partial charge in [0, 0.05) is 18.3 Å². The van der Waals surface area contributed by atoms with Crippen LogP contribution in [0.3, 0.4) is 0 Å². The number of amides is 1.